The number of likely N-dealkylation sites (tertiary alicyclic amines) is 1. The summed E-state index contributed by atoms with van der Waals surface area (Å²) >= 11 is 12.8. The summed E-state index contributed by atoms with van der Waals surface area (Å²) in [6.45, 7) is 1.22. The van der Waals surface area contributed by atoms with E-state index in [-0.39, 0.29) is 44.9 Å². The van der Waals surface area contributed by atoms with Crippen molar-refractivity contribution < 1.29 is 27.2 Å². The standard InChI is InChI=1S/C26H25Cl2F3N8O2/c1-38-7-3-4-16(38)13-40-17-9-14(26(29,30)31)8-15(10-17)36-25-37-24-22(39(25)2)20(27)19(12-35-24)41-18(11-32)21-23(28)34-6-5-33-21/h5-6,8-12,16H,3-4,7,13H2,1-2H3,(H3,32,33,35,36,37)/p+1/t16-/m1/s1. The summed E-state index contributed by atoms with van der Waals surface area (Å²) in [6.07, 6.45) is 2.77. The number of rotatable bonds is 8. The molecule has 0 amide bonds. The molecule has 1 atom stereocenters. The van der Waals surface area contributed by atoms with Crippen LogP contribution in [0.4, 0.5) is 24.8 Å². The Morgan fingerprint density at radius 1 is 1.24 bits per heavy atom. The van der Waals surface area contributed by atoms with Crippen LogP contribution in [0.5, 0.6) is 11.5 Å². The van der Waals surface area contributed by atoms with Gasteiger partial charge in [-0.2, -0.15) is 13.2 Å². The molecule has 0 saturated carbocycles. The van der Waals surface area contributed by atoms with E-state index >= 15 is 0 Å². The van der Waals surface area contributed by atoms with E-state index in [1.165, 1.54) is 30.9 Å². The maximum Gasteiger partial charge on any atom is 0.416 e. The molecule has 1 aliphatic rings. The van der Waals surface area contributed by atoms with Gasteiger partial charge in [-0.1, -0.05) is 23.2 Å². The summed E-state index contributed by atoms with van der Waals surface area (Å²) in [5, 5.41) is 3.23. The summed E-state index contributed by atoms with van der Waals surface area (Å²) in [7, 11) is 3.64. The number of H-pyrrole nitrogens is 1. The van der Waals surface area contributed by atoms with Gasteiger partial charge in [0.15, 0.2) is 22.2 Å². The van der Waals surface area contributed by atoms with Gasteiger partial charge in [-0.3, -0.25) is 0 Å². The highest BCUT2D eigenvalue weighted by molar-refractivity contribution is 6.36. The number of anilines is 2. The van der Waals surface area contributed by atoms with Crippen molar-refractivity contribution in [2.24, 2.45) is 12.8 Å². The van der Waals surface area contributed by atoms with Crippen molar-refractivity contribution >= 4 is 51.8 Å². The molecule has 5 rings (SSSR count). The molecule has 15 heteroatoms. The first kappa shape index (κ1) is 28.7. The molecule has 0 bridgehead atoms. The first-order valence-electron chi connectivity index (χ1n) is 12.5. The topological polar surface area (TPSA) is 118 Å². The van der Waals surface area contributed by atoms with E-state index in [9.17, 15) is 13.2 Å². The van der Waals surface area contributed by atoms with Crippen LogP contribution in [0, 0.1) is 0 Å². The van der Waals surface area contributed by atoms with Crippen LogP contribution in [0.2, 0.25) is 10.2 Å². The highest BCUT2D eigenvalue weighted by atomic mass is 35.5. The third-order valence-electron chi connectivity index (χ3n) is 6.74. The van der Waals surface area contributed by atoms with Crippen molar-refractivity contribution in [2.75, 3.05) is 25.5 Å². The molecule has 1 fully saturated rings. The number of aryl methyl sites for hydroxylation is 1. The summed E-state index contributed by atoms with van der Waals surface area (Å²) < 4.78 is 54.5. The number of nitrogens with one attached hydrogen (secondary N) is 2. The average Bonchev–Trinajstić information content (AvgIpc) is 3.49. The monoisotopic (exact) mass is 609 g/mol. The number of pyridine rings is 1. The third kappa shape index (κ3) is 6.11. The molecule has 216 valence electrons. The molecule has 0 radical (unpaired) electrons. The van der Waals surface area contributed by atoms with Gasteiger partial charge >= 0.3 is 12.1 Å². The smallest absolute Gasteiger partial charge is 0.416 e. The van der Waals surface area contributed by atoms with Crippen LogP contribution in [0.25, 0.3) is 16.9 Å². The van der Waals surface area contributed by atoms with Gasteiger partial charge in [-0.25, -0.2) is 29.8 Å². The number of hydrogen-bond donors (Lipinski definition) is 3. The lowest BCUT2D eigenvalue weighted by Crippen LogP contribution is -2.31. The van der Waals surface area contributed by atoms with Crippen LogP contribution in [0.3, 0.4) is 0 Å². The fourth-order valence-corrected chi connectivity index (χ4v) is 5.06. The van der Waals surface area contributed by atoms with Gasteiger partial charge in [-0.05, 0) is 38.6 Å². The maximum atomic E-state index is 13.7. The maximum absolute atomic E-state index is 13.7. The lowest BCUT2D eigenvalue weighted by Gasteiger charge is -2.20. The molecular formula is C26H26Cl2F3N8O2+. The summed E-state index contributed by atoms with van der Waals surface area (Å²) in [6, 6.07) is 3.67. The molecule has 41 heavy (non-hydrogen) atoms. The van der Waals surface area contributed by atoms with Crippen LogP contribution in [0.1, 0.15) is 24.1 Å². The molecule has 0 aliphatic carbocycles. The Kier molecular flexibility index (Phi) is 8.11. The van der Waals surface area contributed by atoms with Gasteiger partial charge in [0.2, 0.25) is 5.65 Å². The predicted molar refractivity (Wildman–Crippen MR) is 148 cm³/mol. The number of fused-ring (bicyclic) bond motifs is 1. The minimum atomic E-state index is -4.57. The van der Waals surface area contributed by atoms with Crippen molar-refractivity contribution in [3.63, 3.8) is 0 Å². The number of halogens is 5. The Morgan fingerprint density at radius 3 is 2.71 bits per heavy atom. The Hall–Kier alpha value is -3.81. The van der Waals surface area contributed by atoms with E-state index in [2.05, 4.69) is 30.2 Å². The number of nitrogens with zero attached hydrogens (tertiary/aromatic N) is 5. The van der Waals surface area contributed by atoms with Crippen LogP contribution in [-0.4, -0.2) is 51.1 Å². The number of alkyl halides is 3. The molecule has 10 nitrogen and oxygen atoms in total. The summed E-state index contributed by atoms with van der Waals surface area (Å²) in [5.74, 6) is 0.671. The molecule has 3 aromatic heterocycles. The number of aromatic nitrogens is 5. The van der Waals surface area contributed by atoms with Crippen LogP contribution < -0.4 is 25.1 Å². The van der Waals surface area contributed by atoms with Crippen molar-refractivity contribution in [3.05, 3.63) is 64.4 Å². The highest BCUT2D eigenvalue weighted by Crippen LogP contribution is 2.36. The van der Waals surface area contributed by atoms with Crippen molar-refractivity contribution in [1.29, 1.82) is 0 Å². The molecule has 4 heterocycles. The first-order valence-corrected chi connectivity index (χ1v) is 13.3. The number of ether oxygens (including phenoxy) is 2. The minimum Gasteiger partial charge on any atom is -0.492 e. The number of aromatic amines is 1. The Labute approximate surface area is 242 Å². The second-order valence-electron chi connectivity index (χ2n) is 9.45. The van der Waals surface area contributed by atoms with E-state index < -0.39 is 11.7 Å². The zero-order valence-corrected chi connectivity index (χ0v) is 23.5. The van der Waals surface area contributed by atoms with E-state index in [1.54, 1.807) is 11.6 Å². The van der Waals surface area contributed by atoms with E-state index in [1.807, 2.05) is 7.05 Å². The molecule has 1 aliphatic heterocycles. The fourth-order valence-electron chi connectivity index (χ4n) is 4.56. The van der Waals surface area contributed by atoms with Crippen molar-refractivity contribution in [3.8, 4) is 11.5 Å². The zero-order valence-electron chi connectivity index (χ0n) is 22.0. The lowest BCUT2D eigenvalue weighted by atomic mass is 10.1. The van der Waals surface area contributed by atoms with Crippen LogP contribution in [0.15, 0.2) is 43.0 Å². The Morgan fingerprint density at radius 2 is 2.02 bits per heavy atom. The number of likely N-dealkylation sites (N-methyl/N-ethyl adjacent to an activating group) is 1. The molecule has 0 unspecified atom stereocenters. The molecule has 1 saturated heterocycles. The molecular weight excluding hydrogens is 584 g/mol. The van der Waals surface area contributed by atoms with Gasteiger partial charge in [0, 0.05) is 30.7 Å². The summed E-state index contributed by atoms with van der Waals surface area (Å²) in [5.41, 5.74) is 6.03. The van der Waals surface area contributed by atoms with Crippen molar-refractivity contribution in [1.82, 2.24) is 24.8 Å². The molecule has 4 aromatic rings. The number of benzene rings is 1. The van der Waals surface area contributed by atoms with E-state index in [4.69, 9.17) is 38.4 Å². The van der Waals surface area contributed by atoms with Gasteiger partial charge < -0.3 is 20.1 Å². The van der Waals surface area contributed by atoms with Gasteiger partial charge in [0.1, 0.15) is 28.8 Å². The quantitative estimate of drug-likeness (QED) is 0.187. The molecule has 4 N–H and O–H groups in total. The summed E-state index contributed by atoms with van der Waals surface area (Å²) in [4.78, 5) is 17.6. The minimum absolute atomic E-state index is 0.0766. The van der Waals surface area contributed by atoms with E-state index in [0.29, 0.717) is 23.7 Å². The van der Waals surface area contributed by atoms with Crippen LogP contribution in [-0.2, 0) is 13.2 Å². The number of nitrogens with two attached hydrogens (primary N) is 1. The predicted octanol–water partition coefficient (Wildman–Crippen LogP) is 5.06. The highest BCUT2D eigenvalue weighted by Gasteiger charge is 2.33. The third-order valence-corrected chi connectivity index (χ3v) is 7.38. The largest absolute Gasteiger partial charge is 0.492 e. The first-order chi connectivity index (χ1) is 19.5. The van der Waals surface area contributed by atoms with Gasteiger partial charge in [0.25, 0.3) is 0 Å². The normalized spacial score (nSPS) is 16.4. The van der Waals surface area contributed by atoms with Crippen LogP contribution >= 0.6 is 23.2 Å². The van der Waals surface area contributed by atoms with Gasteiger partial charge in [-0.15, -0.1) is 0 Å². The van der Waals surface area contributed by atoms with E-state index in [0.717, 1.165) is 31.5 Å². The SMILES string of the molecule is CN1CCC[C@@H]1COc1cc(Nc2[nH]c3ncc(O/C(=C/N)c4nccnc4Cl)c(Cl)c3[n+]2C)cc(C(F)(F)F)c1. The second-order valence-corrected chi connectivity index (χ2v) is 10.2. The number of hydrogen-bond acceptors (Lipinski definition) is 8. The molecule has 0 spiro atoms. The van der Waals surface area contributed by atoms with Crippen molar-refractivity contribution in [2.45, 2.75) is 25.1 Å². The second kappa shape index (κ2) is 11.6. The number of imidazole rings is 1. The average molecular weight is 610 g/mol. The van der Waals surface area contributed by atoms with Gasteiger partial charge in [0.05, 0.1) is 18.8 Å². The molecule has 1 aromatic carbocycles. The zero-order chi connectivity index (χ0) is 29.3. The lowest BCUT2D eigenvalue weighted by molar-refractivity contribution is -0.629. The Balaban J connectivity index is 1.44. The fraction of sp³-hybridized carbons (Fsp3) is 0.308. The Bertz CT molecular complexity index is 1610.